The third-order valence-corrected chi connectivity index (χ3v) is 6.80. The van der Waals surface area contributed by atoms with Crippen LogP contribution in [0.5, 0.6) is 0 Å². The van der Waals surface area contributed by atoms with Crippen molar-refractivity contribution >= 4 is 29.1 Å². The molecule has 3 rings (SSSR count). The molecule has 1 saturated heterocycles. The summed E-state index contributed by atoms with van der Waals surface area (Å²) in [6.45, 7) is 1.63. The van der Waals surface area contributed by atoms with E-state index in [2.05, 4.69) is 16.0 Å². The van der Waals surface area contributed by atoms with Crippen molar-refractivity contribution in [2.45, 2.75) is 57.3 Å². The predicted octanol–water partition coefficient (Wildman–Crippen LogP) is 0.721. The maximum absolute atomic E-state index is 14.5. The molecule has 2 aromatic rings. The SMILES string of the molecule is CNc1ccc(CNC(=O)[C@@H]2CC(F)(F)CN2C(=O)[C@@H](O)[C@H](Cc2ccccc2)NC(=O)/C(C(C)=[NH2+])=C(\C)O)cc1. The largest absolute Gasteiger partial charge is 0.512 e. The molecule has 3 amide bonds. The molecule has 12 heteroatoms. The minimum absolute atomic E-state index is 0.00158. The topological polar surface area (TPSA) is 157 Å². The summed E-state index contributed by atoms with van der Waals surface area (Å²) in [5, 5.41) is 34.9. The van der Waals surface area contributed by atoms with Gasteiger partial charge < -0.3 is 31.1 Å². The molecule has 7 N–H and O–H groups in total. The van der Waals surface area contributed by atoms with Gasteiger partial charge in [-0.05, 0) is 36.6 Å². The Hall–Kier alpha value is -4.32. The Balaban J connectivity index is 1.82. The number of hydrogen-bond acceptors (Lipinski definition) is 6. The smallest absolute Gasteiger partial charge is 0.267 e. The third-order valence-electron chi connectivity index (χ3n) is 6.80. The van der Waals surface area contributed by atoms with Gasteiger partial charge in [-0.1, -0.05) is 42.5 Å². The number of aliphatic hydroxyl groups excluding tert-OH is 2. The summed E-state index contributed by atoms with van der Waals surface area (Å²) >= 11 is 0. The molecule has 10 nitrogen and oxygen atoms in total. The van der Waals surface area contributed by atoms with Gasteiger partial charge in [0.15, 0.2) is 11.8 Å². The molecule has 41 heavy (non-hydrogen) atoms. The minimum atomic E-state index is -3.36. The molecule has 1 aliphatic heterocycles. The van der Waals surface area contributed by atoms with E-state index in [0.29, 0.717) is 10.5 Å². The third kappa shape index (κ3) is 8.10. The number of likely N-dealkylation sites (tertiary alicyclic amines) is 1. The number of anilines is 1. The van der Waals surface area contributed by atoms with E-state index in [1.165, 1.54) is 13.8 Å². The Morgan fingerprint density at radius 3 is 2.27 bits per heavy atom. The molecule has 3 atom stereocenters. The van der Waals surface area contributed by atoms with Crippen molar-refractivity contribution in [2.24, 2.45) is 0 Å². The molecule has 0 unspecified atom stereocenters. The molecule has 0 radical (unpaired) electrons. The number of hydrogen-bond donors (Lipinski definition) is 6. The highest BCUT2D eigenvalue weighted by Gasteiger charge is 2.51. The van der Waals surface area contributed by atoms with Gasteiger partial charge in [0, 0.05) is 32.6 Å². The fourth-order valence-electron chi connectivity index (χ4n) is 4.70. The highest BCUT2D eigenvalue weighted by molar-refractivity contribution is 6.18. The number of rotatable bonds is 11. The molecular weight excluding hydrogens is 536 g/mol. The van der Waals surface area contributed by atoms with Crippen LogP contribution in [0.1, 0.15) is 31.4 Å². The molecule has 0 aromatic heterocycles. The number of halogens is 2. The molecular formula is C29H36F2N5O5+. The van der Waals surface area contributed by atoms with E-state index in [1.807, 2.05) is 0 Å². The second kappa shape index (κ2) is 13.4. The zero-order chi connectivity index (χ0) is 30.3. The van der Waals surface area contributed by atoms with Crippen molar-refractivity contribution < 1.29 is 38.8 Å². The van der Waals surface area contributed by atoms with Crippen molar-refractivity contribution in [3.63, 3.8) is 0 Å². The van der Waals surface area contributed by atoms with Crippen LogP contribution in [0.15, 0.2) is 65.9 Å². The van der Waals surface area contributed by atoms with E-state index < -0.39 is 54.8 Å². The lowest BCUT2D eigenvalue weighted by atomic mass is 9.98. The van der Waals surface area contributed by atoms with E-state index in [0.717, 1.165) is 11.3 Å². The van der Waals surface area contributed by atoms with E-state index in [1.54, 1.807) is 61.6 Å². The Morgan fingerprint density at radius 1 is 1.07 bits per heavy atom. The van der Waals surface area contributed by atoms with Crippen LogP contribution >= 0.6 is 0 Å². The molecule has 1 aliphatic rings. The molecule has 0 spiro atoms. The van der Waals surface area contributed by atoms with Crippen LogP contribution in [-0.4, -0.2) is 76.2 Å². The monoisotopic (exact) mass is 572 g/mol. The molecule has 0 aliphatic carbocycles. The van der Waals surface area contributed by atoms with Crippen molar-refractivity contribution in [1.82, 2.24) is 15.5 Å². The fourth-order valence-corrected chi connectivity index (χ4v) is 4.70. The summed E-state index contributed by atoms with van der Waals surface area (Å²) in [6, 6.07) is 12.9. The van der Waals surface area contributed by atoms with Gasteiger partial charge in [0.05, 0.1) is 12.6 Å². The first-order valence-electron chi connectivity index (χ1n) is 13.1. The average Bonchev–Trinajstić information content (AvgIpc) is 3.26. The highest BCUT2D eigenvalue weighted by atomic mass is 19.3. The second-order valence-corrected chi connectivity index (χ2v) is 10.1. The Labute approximate surface area is 236 Å². The normalized spacial score (nSPS) is 18.1. The maximum Gasteiger partial charge on any atom is 0.267 e. The van der Waals surface area contributed by atoms with E-state index in [9.17, 15) is 33.4 Å². The van der Waals surface area contributed by atoms with Gasteiger partial charge in [-0.25, -0.2) is 8.78 Å². The number of aliphatic hydroxyl groups is 2. The number of nitrogens with one attached hydrogen (secondary N) is 3. The van der Waals surface area contributed by atoms with Crippen molar-refractivity contribution in [1.29, 1.82) is 0 Å². The number of benzene rings is 2. The summed E-state index contributed by atoms with van der Waals surface area (Å²) in [4.78, 5) is 40.1. The van der Waals surface area contributed by atoms with Gasteiger partial charge in [-0.15, -0.1) is 0 Å². The molecule has 2 aromatic carbocycles. The standard InChI is InChI=1S/C29H35F2N5O5/c1-17(32)24(18(2)37)27(40)35-22(13-19-7-5-4-6-8-19)25(38)28(41)36-16-29(30,31)14-23(36)26(39)34-15-20-9-11-21(33-3)12-10-20/h4-12,22-23,25,32-33,37-38H,13-16H2,1-3H3,(H,34,39)(H,35,40)/p+1/b24-18+,32-17?/t22-,23-,25-/m0/s1. The molecule has 0 saturated carbocycles. The number of nitrogens with two attached hydrogens (primary N) is 1. The minimum Gasteiger partial charge on any atom is -0.512 e. The maximum atomic E-state index is 14.5. The van der Waals surface area contributed by atoms with Crippen LogP contribution in [0.2, 0.25) is 0 Å². The van der Waals surface area contributed by atoms with Gasteiger partial charge in [-0.2, -0.15) is 0 Å². The molecule has 220 valence electrons. The first-order chi connectivity index (χ1) is 19.3. The lowest BCUT2D eigenvalue weighted by Crippen LogP contribution is -2.56. The molecule has 1 fully saturated rings. The van der Waals surface area contributed by atoms with Crippen LogP contribution in [0.3, 0.4) is 0 Å². The zero-order valence-electron chi connectivity index (χ0n) is 23.2. The van der Waals surface area contributed by atoms with Crippen LogP contribution in [0, 0.1) is 0 Å². The van der Waals surface area contributed by atoms with Gasteiger partial charge in [0.2, 0.25) is 5.91 Å². The number of alkyl halides is 2. The lowest BCUT2D eigenvalue weighted by molar-refractivity contribution is -0.147. The van der Waals surface area contributed by atoms with Gasteiger partial charge in [0.25, 0.3) is 17.7 Å². The van der Waals surface area contributed by atoms with Crippen LogP contribution < -0.4 is 21.4 Å². The number of amides is 3. The summed E-state index contributed by atoms with van der Waals surface area (Å²) in [5.41, 5.74) is 1.97. The number of allylic oxidation sites excluding steroid dienone is 1. The van der Waals surface area contributed by atoms with Gasteiger partial charge >= 0.3 is 0 Å². The highest BCUT2D eigenvalue weighted by Crippen LogP contribution is 2.33. The van der Waals surface area contributed by atoms with E-state index in [4.69, 9.17) is 5.41 Å². The van der Waals surface area contributed by atoms with Gasteiger partial charge in [-0.3, -0.25) is 19.8 Å². The van der Waals surface area contributed by atoms with Gasteiger partial charge in [0.1, 0.15) is 17.4 Å². The van der Waals surface area contributed by atoms with Crippen LogP contribution in [0.25, 0.3) is 0 Å². The van der Waals surface area contributed by atoms with E-state index in [-0.39, 0.29) is 30.0 Å². The van der Waals surface area contributed by atoms with Crippen molar-refractivity contribution in [3.05, 3.63) is 77.1 Å². The van der Waals surface area contributed by atoms with Crippen molar-refractivity contribution in [3.8, 4) is 0 Å². The Morgan fingerprint density at radius 2 is 1.71 bits per heavy atom. The summed E-state index contributed by atoms with van der Waals surface area (Å²) in [6.07, 6.45) is -2.95. The second-order valence-electron chi connectivity index (χ2n) is 10.1. The average molecular weight is 573 g/mol. The molecule has 0 bridgehead atoms. The molecule has 1 heterocycles. The predicted molar refractivity (Wildman–Crippen MR) is 149 cm³/mol. The lowest BCUT2D eigenvalue weighted by Gasteiger charge is -2.30. The Kier molecular flexibility index (Phi) is 10.2. The van der Waals surface area contributed by atoms with Crippen LogP contribution in [0.4, 0.5) is 14.5 Å². The van der Waals surface area contributed by atoms with E-state index >= 15 is 0 Å². The zero-order valence-corrected chi connectivity index (χ0v) is 23.2. The summed E-state index contributed by atoms with van der Waals surface area (Å²) in [7, 11) is 1.76. The summed E-state index contributed by atoms with van der Waals surface area (Å²) < 4.78 is 29.1. The number of nitrogens with zero attached hydrogens (tertiary/aromatic N) is 1. The first-order valence-corrected chi connectivity index (χ1v) is 13.1. The first kappa shape index (κ1) is 31.2. The van der Waals surface area contributed by atoms with Crippen molar-refractivity contribution in [2.75, 3.05) is 18.9 Å². The number of carbonyl (C=O) groups is 3. The Bertz CT molecular complexity index is 1300. The summed E-state index contributed by atoms with van der Waals surface area (Å²) in [5.74, 6) is -6.53. The quantitative estimate of drug-likeness (QED) is 0.132. The fraction of sp³-hybridized carbons (Fsp3) is 0.379. The van der Waals surface area contributed by atoms with Crippen LogP contribution in [-0.2, 0) is 27.3 Å². The number of carbonyl (C=O) groups excluding carboxylic acids is 3.